The fourth-order valence-electron chi connectivity index (χ4n) is 3.41. The molecule has 2 aliphatic heterocycles. The van der Waals surface area contributed by atoms with Crippen molar-refractivity contribution in [3.05, 3.63) is 0 Å². The van der Waals surface area contributed by atoms with Crippen LogP contribution < -0.4 is 5.32 Å². The van der Waals surface area contributed by atoms with Gasteiger partial charge in [0.2, 0.25) is 0 Å². The molecule has 2 aliphatic rings. The molecule has 0 spiro atoms. The Hall–Kier alpha value is -0.0800. The van der Waals surface area contributed by atoms with Crippen molar-refractivity contribution in [3.63, 3.8) is 0 Å². The molecule has 3 atom stereocenters. The quantitative estimate of drug-likeness (QED) is 0.772. The molecule has 0 saturated carbocycles. The Labute approximate surface area is 101 Å². The van der Waals surface area contributed by atoms with Gasteiger partial charge in [0, 0.05) is 31.2 Å². The van der Waals surface area contributed by atoms with Gasteiger partial charge in [-0.05, 0) is 44.9 Å². The fraction of sp³-hybridized carbons (Fsp3) is 1.00. The maximum Gasteiger partial charge on any atom is 0.0111 e. The number of hydrogen-bond donors (Lipinski definition) is 1. The molecule has 0 aromatic heterocycles. The first-order valence-corrected chi connectivity index (χ1v) is 7.06. The average Bonchev–Trinajstić information content (AvgIpc) is 2.77. The molecule has 3 unspecified atom stereocenters. The molecule has 2 bridgehead atoms. The SMILES string of the molecule is CC(C)CN(CC1CC2CCC1N2)C(C)C. The van der Waals surface area contributed by atoms with E-state index in [1.807, 2.05) is 0 Å². The summed E-state index contributed by atoms with van der Waals surface area (Å²) in [7, 11) is 0. The van der Waals surface area contributed by atoms with E-state index in [9.17, 15) is 0 Å². The van der Waals surface area contributed by atoms with E-state index in [0.717, 1.165) is 23.9 Å². The minimum atomic E-state index is 0.696. The van der Waals surface area contributed by atoms with Crippen LogP contribution in [0, 0.1) is 11.8 Å². The predicted octanol–water partition coefficient (Wildman–Crippen LogP) is 2.49. The zero-order valence-corrected chi connectivity index (χ0v) is 11.4. The second kappa shape index (κ2) is 5.05. The summed E-state index contributed by atoms with van der Waals surface area (Å²) in [5.74, 6) is 1.70. The number of fused-ring (bicyclic) bond motifs is 2. The summed E-state index contributed by atoms with van der Waals surface area (Å²) in [4.78, 5) is 2.68. The van der Waals surface area contributed by atoms with Crippen LogP contribution in [0.25, 0.3) is 0 Å². The van der Waals surface area contributed by atoms with Crippen molar-refractivity contribution >= 4 is 0 Å². The van der Waals surface area contributed by atoms with Gasteiger partial charge in [0.25, 0.3) is 0 Å². The number of nitrogens with zero attached hydrogens (tertiary/aromatic N) is 1. The highest BCUT2D eigenvalue weighted by Gasteiger charge is 2.39. The summed E-state index contributed by atoms with van der Waals surface area (Å²) in [5, 5.41) is 3.75. The number of nitrogens with one attached hydrogen (secondary N) is 1. The van der Waals surface area contributed by atoms with Gasteiger partial charge in [-0.1, -0.05) is 13.8 Å². The van der Waals surface area contributed by atoms with Crippen LogP contribution in [0.3, 0.4) is 0 Å². The summed E-state index contributed by atoms with van der Waals surface area (Å²) in [6.45, 7) is 11.9. The summed E-state index contributed by atoms with van der Waals surface area (Å²) in [5.41, 5.74) is 0. The first-order valence-electron chi connectivity index (χ1n) is 7.06. The summed E-state index contributed by atoms with van der Waals surface area (Å²) in [6, 6.07) is 2.38. The molecule has 16 heavy (non-hydrogen) atoms. The molecule has 0 aromatic rings. The number of rotatable bonds is 5. The van der Waals surface area contributed by atoms with E-state index in [1.165, 1.54) is 32.4 Å². The minimum Gasteiger partial charge on any atom is -0.311 e. The molecule has 2 heteroatoms. The Balaban J connectivity index is 1.86. The van der Waals surface area contributed by atoms with Gasteiger partial charge in [-0.15, -0.1) is 0 Å². The first-order chi connectivity index (χ1) is 7.56. The van der Waals surface area contributed by atoms with Gasteiger partial charge in [-0.3, -0.25) is 0 Å². The van der Waals surface area contributed by atoms with Crippen molar-refractivity contribution in [2.45, 2.75) is 65.1 Å². The summed E-state index contributed by atoms with van der Waals surface area (Å²) < 4.78 is 0. The average molecular weight is 224 g/mol. The van der Waals surface area contributed by atoms with Crippen molar-refractivity contribution in [2.75, 3.05) is 13.1 Å². The Morgan fingerprint density at radius 2 is 1.94 bits per heavy atom. The molecule has 1 N–H and O–H groups in total. The molecule has 0 aromatic carbocycles. The zero-order valence-electron chi connectivity index (χ0n) is 11.4. The Bertz CT molecular complexity index is 225. The van der Waals surface area contributed by atoms with Crippen LogP contribution in [-0.2, 0) is 0 Å². The topological polar surface area (TPSA) is 15.3 Å². The van der Waals surface area contributed by atoms with Crippen molar-refractivity contribution in [2.24, 2.45) is 11.8 Å². The van der Waals surface area contributed by atoms with Gasteiger partial charge in [-0.2, -0.15) is 0 Å². The van der Waals surface area contributed by atoms with Crippen molar-refractivity contribution in [1.82, 2.24) is 10.2 Å². The van der Waals surface area contributed by atoms with Crippen LogP contribution in [-0.4, -0.2) is 36.1 Å². The third-order valence-electron chi connectivity index (χ3n) is 4.23. The lowest BCUT2D eigenvalue weighted by molar-refractivity contribution is 0.156. The minimum absolute atomic E-state index is 0.696. The Kier molecular flexibility index (Phi) is 3.91. The van der Waals surface area contributed by atoms with Gasteiger partial charge >= 0.3 is 0 Å². The molecule has 2 nitrogen and oxygen atoms in total. The highest BCUT2D eigenvalue weighted by Crippen LogP contribution is 2.34. The van der Waals surface area contributed by atoms with Crippen LogP contribution in [0.5, 0.6) is 0 Å². The third kappa shape index (κ3) is 2.78. The molecule has 94 valence electrons. The van der Waals surface area contributed by atoms with Crippen LogP contribution in [0.2, 0.25) is 0 Å². The van der Waals surface area contributed by atoms with Crippen LogP contribution >= 0.6 is 0 Å². The summed E-state index contributed by atoms with van der Waals surface area (Å²) >= 11 is 0. The molecule has 0 radical (unpaired) electrons. The maximum absolute atomic E-state index is 3.75. The van der Waals surface area contributed by atoms with E-state index in [-0.39, 0.29) is 0 Å². The Morgan fingerprint density at radius 3 is 2.38 bits per heavy atom. The highest BCUT2D eigenvalue weighted by molar-refractivity contribution is 4.98. The lowest BCUT2D eigenvalue weighted by atomic mass is 9.88. The lowest BCUT2D eigenvalue weighted by Crippen LogP contribution is -2.41. The van der Waals surface area contributed by atoms with Crippen LogP contribution in [0.4, 0.5) is 0 Å². The van der Waals surface area contributed by atoms with Crippen molar-refractivity contribution in [3.8, 4) is 0 Å². The second-order valence-corrected chi connectivity index (χ2v) is 6.48. The highest BCUT2D eigenvalue weighted by atomic mass is 15.2. The van der Waals surface area contributed by atoms with Crippen LogP contribution in [0.1, 0.15) is 47.0 Å². The normalized spacial score (nSPS) is 33.6. The predicted molar refractivity (Wildman–Crippen MR) is 69.6 cm³/mol. The molecule has 2 saturated heterocycles. The second-order valence-electron chi connectivity index (χ2n) is 6.48. The van der Waals surface area contributed by atoms with Gasteiger partial charge in [0.15, 0.2) is 0 Å². The smallest absolute Gasteiger partial charge is 0.0111 e. The summed E-state index contributed by atoms with van der Waals surface area (Å²) in [6.07, 6.45) is 4.27. The van der Waals surface area contributed by atoms with Gasteiger partial charge in [0.1, 0.15) is 0 Å². The monoisotopic (exact) mass is 224 g/mol. The maximum atomic E-state index is 3.75. The molecule has 2 heterocycles. The van der Waals surface area contributed by atoms with Gasteiger partial charge in [-0.25, -0.2) is 0 Å². The molecular formula is C14H28N2. The molecule has 0 aliphatic carbocycles. The lowest BCUT2D eigenvalue weighted by Gasteiger charge is -2.33. The van der Waals surface area contributed by atoms with E-state index >= 15 is 0 Å². The molecular weight excluding hydrogens is 196 g/mol. The molecule has 2 rings (SSSR count). The molecule has 0 amide bonds. The van der Waals surface area contributed by atoms with E-state index in [4.69, 9.17) is 0 Å². The largest absolute Gasteiger partial charge is 0.311 e. The first kappa shape index (κ1) is 12.4. The molecule has 2 fully saturated rings. The van der Waals surface area contributed by atoms with Crippen molar-refractivity contribution in [1.29, 1.82) is 0 Å². The third-order valence-corrected chi connectivity index (χ3v) is 4.23. The van der Waals surface area contributed by atoms with Gasteiger partial charge < -0.3 is 10.2 Å². The van der Waals surface area contributed by atoms with Crippen LogP contribution in [0.15, 0.2) is 0 Å². The van der Waals surface area contributed by atoms with E-state index in [1.54, 1.807) is 0 Å². The van der Waals surface area contributed by atoms with Gasteiger partial charge in [0.05, 0.1) is 0 Å². The number of hydrogen-bond acceptors (Lipinski definition) is 2. The zero-order chi connectivity index (χ0) is 11.7. The standard InChI is InChI=1S/C14H28N2/c1-10(2)8-16(11(3)4)9-12-7-13-5-6-14(12)15-13/h10-15H,5-9H2,1-4H3. The Morgan fingerprint density at radius 1 is 1.19 bits per heavy atom. The fourth-order valence-corrected chi connectivity index (χ4v) is 3.41. The van der Waals surface area contributed by atoms with E-state index < -0.39 is 0 Å². The van der Waals surface area contributed by atoms with E-state index in [2.05, 4.69) is 37.9 Å². The van der Waals surface area contributed by atoms with Crippen molar-refractivity contribution < 1.29 is 0 Å². The van der Waals surface area contributed by atoms with E-state index in [0.29, 0.717) is 6.04 Å².